The molecule has 3 N–H and O–H groups in total. The Bertz CT molecular complexity index is 692. The van der Waals surface area contributed by atoms with E-state index in [-0.39, 0.29) is 5.69 Å². The van der Waals surface area contributed by atoms with Crippen molar-refractivity contribution in [2.75, 3.05) is 7.11 Å². The van der Waals surface area contributed by atoms with Crippen LogP contribution >= 0.6 is 0 Å². The number of hydrogen-bond donors (Lipinski definition) is 2. The highest BCUT2D eigenvalue weighted by molar-refractivity contribution is 5.91. The van der Waals surface area contributed by atoms with E-state index in [9.17, 15) is 9.59 Å². The summed E-state index contributed by atoms with van der Waals surface area (Å²) in [4.78, 5) is 23.2. The number of aromatic nitrogens is 2. The first-order valence-corrected chi connectivity index (χ1v) is 5.83. The number of carbonyl (C=O) groups is 1. The number of methoxy groups -OCH3 is 1. The van der Waals surface area contributed by atoms with E-state index < -0.39 is 11.3 Å². The molecular formula is C13H14N4O3. The maximum absolute atomic E-state index is 11.7. The second-order valence-corrected chi connectivity index (χ2v) is 4.08. The van der Waals surface area contributed by atoms with Crippen LogP contribution in [0, 0.1) is 6.92 Å². The molecule has 0 saturated heterocycles. The number of rotatable bonds is 3. The molecule has 20 heavy (non-hydrogen) atoms. The van der Waals surface area contributed by atoms with Gasteiger partial charge in [0, 0.05) is 11.8 Å². The maximum atomic E-state index is 11.7. The van der Waals surface area contributed by atoms with Crippen LogP contribution in [0.4, 0.5) is 0 Å². The SMILES string of the molecule is COc1ccc(-n2nc(C(=O)NN)c(=O)cc2C)cc1. The van der Waals surface area contributed by atoms with Crippen molar-refractivity contribution in [3.63, 3.8) is 0 Å². The standard InChI is InChI=1S/C13H14N4O3/c1-8-7-11(18)12(13(19)15-14)16-17(8)9-3-5-10(20-2)6-4-9/h3-7H,14H2,1-2H3,(H,15,19). The second-order valence-electron chi connectivity index (χ2n) is 4.08. The average molecular weight is 274 g/mol. The predicted molar refractivity (Wildman–Crippen MR) is 72.8 cm³/mol. The summed E-state index contributed by atoms with van der Waals surface area (Å²) in [6.45, 7) is 1.72. The van der Waals surface area contributed by atoms with Gasteiger partial charge in [0.25, 0.3) is 5.91 Å². The molecule has 0 atom stereocenters. The predicted octanol–water partition coefficient (Wildman–Crippen LogP) is 0.153. The highest BCUT2D eigenvalue weighted by atomic mass is 16.5. The van der Waals surface area contributed by atoms with Crippen LogP contribution in [-0.4, -0.2) is 22.8 Å². The Balaban J connectivity index is 2.55. The molecule has 0 bridgehead atoms. The largest absolute Gasteiger partial charge is 0.497 e. The third-order valence-corrected chi connectivity index (χ3v) is 2.77. The number of hydrazine groups is 1. The van der Waals surface area contributed by atoms with Crippen molar-refractivity contribution >= 4 is 5.91 Å². The lowest BCUT2D eigenvalue weighted by molar-refractivity contribution is 0.0945. The Kier molecular flexibility index (Phi) is 3.81. The molecule has 0 radical (unpaired) electrons. The maximum Gasteiger partial charge on any atom is 0.289 e. The topological polar surface area (TPSA) is 99.2 Å². The summed E-state index contributed by atoms with van der Waals surface area (Å²) >= 11 is 0. The summed E-state index contributed by atoms with van der Waals surface area (Å²) in [5.74, 6) is 5.01. The van der Waals surface area contributed by atoms with E-state index in [4.69, 9.17) is 10.6 Å². The Hall–Kier alpha value is -2.67. The van der Waals surface area contributed by atoms with Crippen LogP contribution in [-0.2, 0) is 0 Å². The molecule has 1 amide bonds. The van der Waals surface area contributed by atoms with Crippen molar-refractivity contribution in [2.24, 2.45) is 5.84 Å². The van der Waals surface area contributed by atoms with E-state index in [0.717, 1.165) is 0 Å². The fourth-order valence-corrected chi connectivity index (χ4v) is 1.76. The molecule has 7 nitrogen and oxygen atoms in total. The van der Waals surface area contributed by atoms with E-state index >= 15 is 0 Å². The van der Waals surface area contributed by atoms with Gasteiger partial charge in [-0.15, -0.1) is 0 Å². The molecule has 1 aromatic heterocycles. The molecule has 0 aliphatic carbocycles. The zero-order chi connectivity index (χ0) is 14.7. The summed E-state index contributed by atoms with van der Waals surface area (Å²) < 4.78 is 6.56. The highest BCUT2D eigenvalue weighted by Gasteiger charge is 2.14. The highest BCUT2D eigenvalue weighted by Crippen LogP contribution is 2.15. The lowest BCUT2D eigenvalue weighted by Gasteiger charge is -2.11. The third kappa shape index (κ3) is 2.52. The molecule has 0 saturated carbocycles. The van der Waals surface area contributed by atoms with Gasteiger partial charge >= 0.3 is 0 Å². The zero-order valence-electron chi connectivity index (χ0n) is 11.1. The van der Waals surface area contributed by atoms with E-state index in [1.54, 1.807) is 38.3 Å². The summed E-state index contributed by atoms with van der Waals surface area (Å²) in [7, 11) is 1.57. The third-order valence-electron chi connectivity index (χ3n) is 2.77. The van der Waals surface area contributed by atoms with E-state index in [0.29, 0.717) is 17.1 Å². The van der Waals surface area contributed by atoms with Crippen molar-refractivity contribution in [3.05, 3.63) is 51.9 Å². The minimum atomic E-state index is -0.725. The van der Waals surface area contributed by atoms with Gasteiger partial charge in [-0.25, -0.2) is 10.5 Å². The minimum absolute atomic E-state index is 0.256. The number of aryl methyl sites for hydroxylation is 1. The van der Waals surface area contributed by atoms with Gasteiger partial charge in [-0.05, 0) is 31.2 Å². The molecule has 1 heterocycles. The summed E-state index contributed by atoms with van der Waals surface area (Å²) in [6, 6.07) is 8.40. The van der Waals surface area contributed by atoms with Crippen LogP contribution in [0.25, 0.3) is 5.69 Å². The first-order valence-electron chi connectivity index (χ1n) is 5.83. The van der Waals surface area contributed by atoms with Crippen LogP contribution < -0.4 is 21.4 Å². The number of nitrogens with one attached hydrogen (secondary N) is 1. The number of amides is 1. The fourth-order valence-electron chi connectivity index (χ4n) is 1.76. The molecule has 0 spiro atoms. The molecular weight excluding hydrogens is 260 g/mol. The van der Waals surface area contributed by atoms with Crippen LogP contribution in [0.5, 0.6) is 5.75 Å². The molecule has 0 unspecified atom stereocenters. The Morgan fingerprint density at radius 1 is 1.35 bits per heavy atom. The van der Waals surface area contributed by atoms with Gasteiger partial charge < -0.3 is 4.74 Å². The van der Waals surface area contributed by atoms with Gasteiger partial charge in [-0.2, -0.15) is 5.10 Å². The summed E-state index contributed by atoms with van der Waals surface area (Å²) in [6.07, 6.45) is 0. The van der Waals surface area contributed by atoms with Gasteiger partial charge in [0.2, 0.25) is 5.43 Å². The summed E-state index contributed by atoms with van der Waals surface area (Å²) in [5.41, 5.74) is 2.48. The van der Waals surface area contributed by atoms with Crippen molar-refractivity contribution in [1.82, 2.24) is 15.2 Å². The number of hydrogen-bond acceptors (Lipinski definition) is 5. The Morgan fingerprint density at radius 2 is 2.00 bits per heavy atom. The Morgan fingerprint density at radius 3 is 2.55 bits per heavy atom. The lowest BCUT2D eigenvalue weighted by atomic mass is 10.2. The van der Waals surface area contributed by atoms with Crippen molar-refractivity contribution in [1.29, 1.82) is 0 Å². The molecule has 104 valence electrons. The number of nitrogens with two attached hydrogens (primary N) is 1. The normalized spacial score (nSPS) is 10.2. The zero-order valence-corrected chi connectivity index (χ0v) is 11.1. The number of ether oxygens (including phenoxy) is 1. The van der Waals surface area contributed by atoms with Gasteiger partial charge in [0.1, 0.15) is 5.75 Å². The van der Waals surface area contributed by atoms with Crippen LogP contribution in [0.3, 0.4) is 0 Å². The molecule has 1 aromatic carbocycles. The van der Waals surface area contributed by atoms with Crippen LogP contribution in [0.15, 0.2) is 35.1 Å². The molecule has 0 aliphatic rings. The molecule has 7 heteroatoms. The smallest absolute Gasteiger partial charge is 0.289 e. The lowest BCUT2D eigenvalue weighted by Crippen LogP contribution is -2.36. The molecule has 2 rings (SSSR count). The van der Waals surface area contributed by atoms with Gasteiger partial charge in [0.15, 0.2) is 5.69 Å². The fraction of sp³-hybridized carbons (Fsp3) is 0.154. The quantitative estimate of drug-likeness (QED) is 0.471. The van der Waals surface area contributed by atoms with Gasteiger partial charge in [0.05, 0.1) is 12.8 Å². The van der Waals surface area contributed by atoms with Gasteiger partial charge in [-0.1, -0.05) is 0 Å². The second kappa shape index (κ2) is 5.54. The van der Waals surface area contributed by atoms with Crippen molar-refractivity contribution < 1.29 is 9.53 Å². The average Bonchev–Trinajstić information content (AvgIpc) is 2.47. The number of nitrogen functional groups attached to an aromatic ring is 1. The monoisotopic (exact) mass is 274 g/mol. The van der Waals surface area contributed by atoms with Crippen LogP contribution in [0.2, 0.25) is 0 Å². The first-order chi connectivity index (χ1) is 9.56. The molecule has 0 aliphatic heterocycles. The van der Waals surface area contributed by atoms with Crippen molar-refractivity contribution in [2.45, 2.75) is 6.92 Å². The van der Waals surface area contributed by atoms with E-state index in [2.05, 4.69) is 5.10 Å². The minimum Gasteiger partial charge on any atom is -0.497 e. The summed E-state index contributed by atoms with van der Waals surface area (Å²) in [5, 5.41) is 4.04. The number of carbonyl (C=O) groups excluding carboxylic acids is 1. The van der Waals surface area contributed by atoms with Gasteiger partial charge in [-0.3, -0.25) is 15.0 Å². The van der Waals surface area contributed by atoms with Crippen molar-refractivity contribution in [3.8, 4) is 11.4 Å². The Labute approximate surface area is 114 Å². The number of nitrogens with zero attached hydrogens (tertiary/aromatic N) is 2. The molecule has 0 fully saturated rings. The first kappa shape index (κ1) is 13.8. The van der Waals surface area contributed by atoms with E-state index in [1.807, 2.05) is 5.43 Å². The number of benzene rings is 1. The van der Waals surface area contributed by atoms with Crippen LogP contribution in [0.1, 0.15) is 16.2 Å². The molecule has 2 aromatic rings. The van der Waals surface area contributed by atoms with E-state index in [1.165, 1.54) is 10.7 Å².